The largest absolute Gasteiger partial charge is 0.325 e. The van der Waals surface area contributed by atoms with Gasteiger partial charge >= 0.3 is 6.03 Å². The Morgan fingerprint density at radius 2 is 1.84 bits per heavy atom. The van der Waals surface area contributed by atoms with Gasteiger partial charge < -0.3 is 10.6 Å². The van der Waals surface area contributed by atoms with Crippen molar-refractivity contribution in [3.63, 3.8) is 0 Å². The van der Waals surface area contributed by atoms with E-state index >= 15 is 0 Å². The number of hydrogen-bond acceptors (Lipinski definition) is 5. The average molecular weight is 469 g/mol. The number of imide groups is 1. The highest BCUT2D eigenvalue weighted by molar-refractivity contribution is 7.16. The van der Waals surface area contributed by atoms with Crippen molar-refractivity contribution in [3.05, 3.63) is 70.1 Å². The number of benzene rings is 2. The maximum atomic E-state index is 13.2. The van der Waals surface area contributed by atoms with Gasteiger partial charge in [0.1, 0.15) is 12.1 Å². The van der Waals surface area contributed by atoms with Crippen molar-refractivity contribution in [2.75, 3.05) is 11.9 Å². The predicted octanol–water partition coefficient (Wildman–Crippen LogP) is 4.57. The van der Waals surface area contributed by atoms with Crippen LogP contribution in [0.15, 0.2) is 54.6 Å². The molecule has 1 aliphatic rings. The highest BCUT2D eigenvalue weighted by atomic mass is 35.5. The number of nitrogens with zero attached hydrogens (tertiary/aromatic N) is 2. The zero-order valence-corrected chi connectivity index (χ0v) is 19.1. The molecule has 9 heteroatoms. The number of anilines is 1. The van der Waals surface area contributed by atoms with Crippen LogP contribution in [0.4, 0.5) is 9.93 Å². The van der Waals surface area contributed by atoms with E-state index in [4.69, 9.17) is 11.6 Å². The fraction of sp³-hybridized carbons (Fsp3) is 0.217. The first kappa shape index (κ1) is 22.0. The molecule has 32 heavy (non-hydrogen) atoms. The molecule has 0 aliphatic carbocycles. The molecule has 4 amide bonds. The Kier molecular flexibility index (Phi) is 5.99. The van der Waals surface area contributed by atoms with Crippen LogP contribution < -0.4 is 10.6 Å². The molecule has 1 aromatic heterocycles. The van der Waals surface area contributed by atoms with Crippen molar-refractivity contribution in [3.8, 4) is 11.3 Å². The zero-order chi connectivity index (χ0) is 22.9. The predicted molar refractivity (Wildman–Crippen MR) is 125 cm³/mol. The zero-order valence-electron chi connectivity index (χ0n) is 17.5. The lowest BCUT2D eigenvalue weighted by Crippen LogP contribution is -2.44. The van der Waals surface area contributed by atoms with Crippen LogP contribution in [-0.2, 0) is 15.1 Å². The minimum absolute atomic E-state index is 0.371. The summed E-state index contributed by atoms with van der Waals surface area (Å²) < 4.78 is 0. The lowest BCUT2D eigenvalue weighted by Gasteiger charge is -2.25. The van der Waals surface area contributed by atoms with Crippen molar-refractivity contribution in [1.82, 2.24) is 15.2 Å². The van der Waals surface area contributed by atoms with Crippen LogP contribution in [-0.4, -0.2) is 34.3 Å². The number of carbonyl (C=O) groups is 3. The normalized spacial score (nSPS) is 18.0. The van der Waals surface area contributed by atoms with Crippen LogP contribution in [0.3, 0.4) is 0 Å². The van der Waals surface area contributed by atoms with Crippen molar-refractivity contribution in [1.29, 1.82) is 0 Å². The van der Waals surface area contributed by atoms with Gasteiger partial charge in [0.15, 0.2) is 5.13 Å². The summed E-state index contributed by atoms with van der Waals surface area (Å²) in [6, 6.07) is 15.7. The van der Waals surface area contributed by atoms with Crippen LogP contribution in [0.1, 0.15) is 23.8 Å². The molecule has 0 bridgehead atoms. The number of aryl methyl sites for hydroxylation is 1. The van der Waals surface area contributed by atoms with E-state index < -0.39 is 29.9 Å². The SMILES string of the molecule is CCC1(c2ccccc2)NC(=O)N(CC(=O)Nc2nc(-c3ccc(Cl)cc3)c(C)s2)C1=O. The first-order valence-corrected chi connectivity index (χ1v) is 11.3. The molecule has 0 radical (unpaired) electrons. The minimum Gasteiger partial charge on any atom is -0.319 e. The van der Waals surface area contributed by atoms with E-state index in [2.05, 4.69) is 15.6 Å². The summed E-state index contributed by atoms with van der Waals surface area (Å²) in [5.41, 5.74) is 1.14. The van der Waals surface area contributed by atoms with E-state index in [9.17, 15) is 14.4 Å². The molecular weight excluding hydrogens is 448 g/mol. The number of halogens is 1. The lowest BCUT2D eigenvalue weighted by atomic mass is 9.87. The summed E-state index contributed by atoms with van der Waals surface area (Å²) in [4.78, 5) is 44.8. The molecule has 1 saturated heterocycles. The number of amides is 4. The molecule has 7 nitrogen and oxygen atoms in total. The van der Waals surface area contributed by atoms with Gasteiger partial charge in [0.05, 0.1) is 5.69 Å². The second kappa shape index (κ2) is 8.72. The summed E-state index contributed by atoms with van der Waals surface area (Å²) in [6.07, 6.45) is 0.371. The number of urea groups is 1. The van der Waals surface area contributed by atoms with E-state index in [0.29, 0.717) is 22.1 Å². The Hall–Kier alpha value is -3.23. The summed E-state index contributed by atoms with van der Waals surface area (Å²) in [7, 11) is 0. The molecule has 2 aromatic carbocycles. The molecule has 1 atom stereocenters. The van der Waals surface area contributed by atoms with Crippen LogP contribution in [0.25, 0.3) is 11.3 Å². The molecule has 1 fully saturated rings. The third-order valence-electron chi connectivity index (χ3n) is 5.43. The molecule has 164 valence electrons. The number of nitrogens with one attached hydrogen (secondary N) is 2. The summed E-state index contributed by atoms with van der Waals surface area (Å²) >= 11 is 7.27. The van der Waals surface area contributed by atoms with Crippen molar-refractivity contribution >= 4 is 45.9 Å². The third kappa shape index (κ3) is 3.99. The first-order valence-electron chi connectivity index (χ1n) is 10.1. The van der Waals surface area contributed by atoms with Gasteiger partial charge in [-0.25, -0.2) is 9.78 Å². The Balaban J connectivity index is 1.49. The van der Waals surface area contributed by atoms with Gasteiger partial charge in [-0.1, -0.05) is 61.0 Å². The van der Waals surface area contributed by atoms with E-state index in [1.54, 1.807) is 24.3 Å². The topological polar surface area (TPSA) is 91.4 Å². The fourth-order valence-corrected chi connectivity index (χ4v) is 4.74. The van der Waals surface area contributed by atoms with Gasteiger partial charge in [-0.3, -0.25) is 14.5 Å². The van der Waals surface area contributed by atoms with Crippen molar-refractivity contribution in [2.24, 2.45) is 0 Å². The van der Waals surface area contributed by atoms with Crippen LogP contribution in [0.5, 0.6) is 0 Å². The quantitative estimate of drug-likeness (QED) is 0.518. The van der Waals surface area contributed by atoms with E-state index in [-0.39, 0.29) is 0 Å². The lowest BCUT2D eigenvalue weighted by molar-refractivity contribution is -0.134. The number of aromatic nitrogens is 1. The van der Waals surface area contributed by atoms with Gasteiger partial charge in [-0.2, -0.15) is 0 Å². The highest BCUT2D eigenvalue weighted by Crippen LogP contribution is 2.33. The van der Waals surface area contributed by atoms with E-state index in [0.717, 1.165) is 21.0 Å². The molecule has 3 aromatic rings. The maximum Gasteiger partial charge on any atom is 0.325 e. The number of thiazole rings is 1. The molecule has 1 aliphatic heterocycles. The molecular formula is C23H21ClN4O3S. The Morgan fingerprint density at radius 1 is 1.16 bits per heavy atom. The second-order valence-corrected chi connectivity index (χ2v) is 9.06. The third-order valence-corrected chi connectivity index (χ3v) is 6.57. The van der Waals surface area contributed by atoms with Gasteiger partial charge in [0.25, 0.3) is 5.91 Å². The van der Waals surface area contributed by atoms with Crippen molar-refractivity contribution < 1.29 is 14.4 Å². The van der Waals surface area contributed by atoms with Crippen LogP contribution in [0, 0.1) is 6.92 Å². The standard InChI is InChI=1S/C23H21ClN4O3S/c1-3-23(16-7-5-4-6-8-16)20(30)28(22(31)27-23)13-18(29)25-21-26-19(14(2)32-21)15-9-11-17(24)12-10-15/h4-12H,3,13H2,1-2H3,(H,27,31)(H,25,26,29). The number of carbonyl (C=O) groups excluding carboxylic acids is 3. The maximum absolute atomic E-state index is 13.2. The van der Waals surface area contributed by atoms with Crippen LogP contribution in [0.2, 0.25) is 5.02 Å². The molecule has 2 heterocycles. The second-order valence-electron chi connectivity index (χ2n) is 7.43. The van der Waals surface area contributed by atoms with Gasteiger partial charge in [0, 0.05) is 15.5 Å². The Morgan fingerprint density at radius 3 is 2.50 bits per heavy atom. The Labute approximate surface area is 194 Å². The number of rotatable bonds is 6. The van der Waals surface area contributed by atoms with Crippen LogP contribution >= 0.6 is 22.9 Å². The molecule has 2 N–H and O–H groups in total. The summed E-state index contributed by atoms with van der Waals surface area (Å²) in [5, 5.41) is 6.51. The molecule has 1 unspecified atom stereocenters. The number of hydrogen-bond donors (Lipinski definition) is 2. The summed E-state index contributed by atoms with van der Waals surface area (Å²) in [5.74, 6) is -0.937. The van der Waals surface area contributed by atoms with E-state index in [1.165, 1.54) is 11.3 Å². The Bertz CT molecular complexity index is 1180. The van der Waals surface area contributed by atoms with E-state index in [1.807, 2.05) is 44.2 Å². The van der Waals surface area contributed by atoms with Crippen molar-refractivity contribution in [2.45, 2.75) is 25.8 Å². The highest BCUT2D eigenvalue weighted by Gasteiger charge is 2.51. The molecule has 0 saturated carbocycles. The van der Waals surface area contributed by atoms with Gasteiger partial charge in [0.2, 0.25) is 5.91 Å². The average Bonchev–Trinajstić information content (AvgIpc) is 3.27. The molecule has 0 spiro atoms. The van der Waals surface area contributed by atoms with Gasteiger partial charge in [-0.15, -0.1) is 11.3 Å². The summed E-state index contributed by atoms with van der Waals surface area (Å²) in [6.45, 7) is 3.34. The molecule has 4 rings (SSSR count). The fourth-order valence-electron chi connectivity index (χ4n) is 3.76. The monoisotopic (exact) mass is 468 g/mol. The van der Waals surface area contributed by atoms with Gasteiger partial charge in [-0.05, 0) is 31.0 Å². The minimum atomic E-state index is -1.17. The smallest absolute Gasteiger partial charge is 0.319 e. The first-order chi connectivity index (χ1) is 15.3.